The van der Waals surface area contributed by atoms with Gasteiger partial charge in [0.05, 0.1) is 19.1 Å². The highest BCUT2D eigenvalue weighted by Crippen LogP contribution is 2.41. The molecule has 0 radical (unpaired) electrons. The molecule has 0 aromatic carbocycles. The molecule has 3 N–H and O–H groups in total. The molecule has 3 rings (SSSR count). The number of hydrogen-bond acceptors (Lipinski definition) is 9. The summed E-state index contributed by atoms with van der Waals surface area (Å²) in [5.41, 5.74) is -1.15. The molecule has 0 spiro atoms. The third-order valence-corrected chi connectivity index (χ3v) is 4.68. The average molecular weight is 400 g/mol. The minimum absolute atomic E-state index is 0.0185. The normalized spacial score (nSPS) is 29.4. The number of esters is 1. The topological polar surface area (TPSA) is 149 Å². The monoisotopic (exact) mass is 400 g/mol. The molecule has 3 unspecified atom stereocenters. The first-order valence-corrected chi connectivity index (χ1v) is 8.95. The Labute approximate surface area is 159 Å². The lowest BCUT2D eigenvalue weighted by Gasteiger charge is -2.27. The van der Waals surface area contributed by atoms with Gasteiger partial charge in [-0.3, -0.25) is 14.6 Å². The van der Waals surface area contributed by atoms with E-state index in [2.05, 4.69) is 4.98 Å². The Morgan fingerprint density at radius 1 is 1.39 bits per heavy atom. The quantitative estimate of drug-likeness (QED) is 0.456. The van der Waals surface area contributed by atoms with Crippen LogP contribution in [0.15, 0.2) is 21.9 Å². The zero-order valence-corrected chi connectivity index (χ0v) is 15.6. The van der Waals surface area contributed by atoms with Crippen molar-refractivity contribution in [3.05, 3.63) is 33.1 Å². The summed E-state index contributed by atoms with van der Waals surface area (Å²) in [6.07, 6.45) is -2.08. The first-order chi connectivity index (χ1) is 13.2. The van der Waals surface area contributed by atoms with Gasteiger partial charge in [0.25, 0.3) is 5.56 Å². The Kier molecular flexibility index (Phi) is 6.01. The molecular formula is C17H24N2O9. The van der Waals surface area contributed by atoms with Crippen molar-refractivity contribution in [2.24, 2.45) is 5.92 Å². The van der Waals surface area contributed by atoms with E-state index >= 15 is 0 Å². The number of aliphatic hydroxyl groups excluding tert-OH is 2. The molecule has 1 aromatic rings. The number of aromatic nitrogens is 2. The number of aromatic amines is 1. The van der Waals surface area contributed by atoms with E-state index in [1.54, 1.807) is 13.8 Å². The minimum Gasteiger partial charge on any atom is -0.463 e. The Morgan fingerprint density at radius 3 is 2.82 bits per heavy atom. The predicted molar refractivity (Wildman–Crippen MR) is 92.2 cm³/mol. The molecular weight excluding hydrogens is 376 g/mol. The van der Waals surface area contributed by atoms with E-state index in [1.165, 1.54) is 16.8 Å². The summed E-state index contributed by atoms with van der Waals surface area (Å²) in [5.74, 6) is -2.00. The molecule has 0 saturated carbocycles. The van der Waals surface area contributed by atoms with Gasteiger partial charge >= 0.3 is 11.7 Å². The minimum atomic E-state index is -1.18. The molecule has 2 aliphatic rings. The first-order valence-electron chi connectivity index (χ1n) is 8.95. The number of nitrogens with one attached hydrogen (secondary N) is 1. The van der Waals surface area contributed by atoms with Crippen molar-refractivity contribution < 1.29 is 34.0 Å². The fraction of sp³-hybridized carbons (Fsp3) is 0.706. The van der Waals surface area contributed by atoms with Gasteiger partial charge in [-0.25, -0.2) is 4.79 Å². The fourth-order valence-corrected chi connectivity index (χ4v) is 3.36. The predicted octanol–water partition coefficient (Wildman–Crippen LogP) is -1.68. The van der Waals surface area contributed by atoms with Crippen LogP contribution in [-0.2, 0) is 30.3 Å². The molecule has 0 amide bonds. The van der Waals surface area contributed by atoms with Crippen LogP contribution in [0.4, 0.5) is 0 Å². The Morgan fingerprint density at radius 2 is 2.14 bits per heavy atom. The van der Waals surface area contributed by atoms with Gasteiger partial charge in [-0.15, -0.1) is 0 Å². The molecule has 2 saturated heterocycles. The molecule has 0 aliphatic carbocycles. The fourth-order valence-electron chi connectivity index (χ4n) is 3.36. The Hall–Kier alpha value is -2.05. The number of nitrogens with zero attached hydrogens (tertiary/aromatic N) is 1. The molecule has 11 heteroatoms. The zero-order valence-electron chi connectivity index (χ0n) is 15.6. The third kappa shape index (κ3) is 4.50. The number of aryl methyl sites for hydroxylation is 1. The number of rotatable bonds is 7. The van der Waals surface area contributed by atoms with Crippen molar-refractivity contribution in [3.63, 3.8) is 0 Å². The van der Waals surface area contributed by atoms with E-state index in [9.17, 15) is 24.6 Å². The van der Waals surface area contributed by atoms with Crippen molar-refractivity contribution >= 4 is 5.97 Å². The second-order valence-electron chi connectivity index (χ2n) is 7.22. The van der Waals surface area contributed by atoms with Gasteiger partial charge in [0.1, 0.15) is 18.8 Å². The van der Waals surface area contributed by atoms with Crippen LogP contribution in [0, 0.1) is 5.92 Å². The van der Waals surface area contributed by atoms with Crippen LogP contribution >= 0.6 is 0 Å². The van der Waals surface area contributed by atoms with E-state index in [-0.39, 0.29) is 26.2 Å². The Balaban J connectivity index is 1.48. The maximum atomic E-state index is 11.9. The van der Waals surface area contributed by atoms with Crippen molar-refractivity contribution in [2.75, 3.05) is 13.2 Å². The lowest BCUT2D eigenvalue weighted by atomic mass is 9.96. The van der Waals surface area contributed by atoms with Crippen LogP contribution < -0.4 is 11.2 Å². The van der Waals surface area contributed by atoms with E-state index in [0.717, 1.165) is 0 Å². The van der Waals surface area contributed by atoms with Gasteiger partial charge in [-0.05, 0) is 13.8 Å². The standard InChI is InChI=1S/C17H24N2O9/c1-17(2)27-14-9(7-20)13(26-15(14)28-17)10(21)8-25-12(23)4-6-19-5-3-11(22)18-16(19)24/h3,5,9-10,13-15,20-21H,4,6-8H2,1-2H3,(H,18,22,24)/t9?,10?,13-,14?,15+/m0/s1. The van der Waals surface area contributed by atoms with Gasteiger partial charge in [0.2, 0.25) is 0 Å². The highest BCUT2D eigenvalue weighted by Gasteiger charge is 2.56. The largest absolute Gasteiger partial charge is 0.463 e. The molecule has 3 heterocycles. The average Bonchev–Trinajstić information content (AvgIpc) is 3.10. The molecule has 2 aliphatic heterocycles. The number of H-pyrrole nitrogens is 1. The molecule has 156 valence electrons. The smallest absolute Gasteiger partial charge is 0.328 e. The summed E-state index contributed by atoms with van der Waals surface area (Å²) in [4.78, 5) is 36.5. The molecule has 1 aromatic heterocycles. The summed E-state index contributed by atoms with van der Waals surface area (Å²) in [6, 6.07) is 1.17. The van der Waals surface area contributed by atoms with Crippen molar-refractivity contribution in [1.29, 1.82) is 0 Å². The van der Waals surface area contributed by atoms with Crippen LogP contribution in [0.3, 0.4) is 0 Å². The lowest BCUT2D eigenvalue weighted by Crippen LogP contribution is -2.41. The zero-order chi connectivity index (χ0) is 20.5. The number of carbonyl (C=O) groups is 1. The molecule has 2 fully saturated rings. The highest BCUT2D eigenvalue weighted by molar-refractivity contribution is 5.69. The number of hydrogen-bond donors (Lipinski definition) is 3. The molecule has 0 bridgehead atoms. The second-order valence-corrected chi connectivity index (χ2v) is 7.22. The number of ether oxygens (including phenoxy) is 4. The highest BCUT2D eigenvalue weighted by atomic mass is 16.8. The summed E-state index contributed by atoms with van der Waals surface area (Å²) in [6.45, 7) is 2.84. The van der Waals surface area contributed by atoms with Crippen molar-refractivity contribution in [2.45, 2.75) is 57.2 Å². The molecule has 5 atom stereocenters. The first kappa shape index (κ1) is 20.7. The number of aliphatic hydroxyl groups is 2. The Bertz CT molecular complexity index is 817. The number of fused-ring (bicyclic) bond motifs is 1. The van der Waals surface area contributed by atoms with E-state index < -0.39 is 53.5 Å². The summed E-state index contributed by atoms with van der Waals surface area (Å²) < 4.78 is 23.1. The van der Waals surface area contributed by atoms with Crippen LogP contribution in [-0.4, -0.2) is 69.3 Å². The van der Waals surface area contributed by atoms with Crippen LogP contribution in [0.2, 0.25) is 0 Å². The van der Waals surface area contributed by atoms with Gasteiger partial charge < -0.3 is 33.7 Å². The summed E-state index contributed by atoms with van der Waals surface area (Å²) in [7, 11) is 0. The maximum absolute atomic E-state index is 11.9. The van der Waals surface area contributed by atoms with E-state index in [1.807, 2.05) is 0 Å². The second kappa shape index (κ2) is 8.13. The van der Waals surface area contributed by atoms with E-state index in [4.69, 9.17) is 18.9 Å². The van der Waals surface area contributed by atoms with Crippen molar-refractivity contribution in [1.82, 2.24) is 9.55 Å². The maximum Gasteiger partial charge on any atom is 0.328 e. The van der Waals surface area contributed by atoms with Crippen LogP contribution in [0.5, 0.6) is 0 Å². The lowest BCUT2D eigenvalue weighted by molar-refractivity contribution is -0.224. The molecule has 11 nitrogen and oxygen atoms in total. The van der Waals surface area contributed by atoms with Gasteiger partial charge in [0, 0.05) is 24.7 Å². The van der Waals surface area contributed by atoms with Gasteiger partial charge in [-0.1, -0.05) is 0 Å². The summed E-state index contributed by atoms with van der Waals surface area (Å²) in [5, 5.41) is 20.0. The van der Waals surface area contributed by atoms with E-state index in [0.29, 0.717) is 0 Å². The molecule has 28 heavy (non-hydrogen) atoms. The van der Waals surface area contributed by atoms with Crippen LogP contribution in [0.1, 0.15) is 20.3 Å². The third-order valence-electron chi connectivity index (χ3n) is 4.68. The van der Waals surface area contributed by atoms with Gasteiger partial charge in [-0.2, -0.15) is 0 Å². The van der Waals surface area contributed by atoms with Gasteiger partial charge in [0.15, 0.2) is 12.1 Å². The van der Waals surface area contributed by atoms with Crippen LogP contribution in [0.25, 0.3) is 0 Å². The number of carbonyl (C=O) groups excluding carboxylic acids is 1. The van der Waals surface area contributed by atoms with Crippen molar-refractivity contribution in [3.8, 4) is 0 Å². The summed E-state index contributed by atoms with van der Waals surface area (Å²) >= 11 is 0. The SMILES string of the molecule is CC1(C)OC2C(CO)[C@@H](C(O)COC(=O)CCn3ccc(=O)[nH]c3=O)O[C@@H]2O1.